The Balaban J connectivity index is 1.24. The quantitative estimate of drug-likeness (QED) is 0.278. The van der Waals surface area contributed by atoms with E-state index in [9.17, 15) is 14.7 Å². The van der Waals surface area contributed by atoms with Crippen molar-refractivity contribution >= 4 is 11.9 Å². The highest BCUT2D eigenvalue weighted by atomic mass is 16.6. The Hall–Kier alpha value is -4.12. The number of hydrogen-bond acceptors (Lipinski definition) is 6. The Labute approximate surface area is 252 Å². The Morgan fingerprint density at radius 1 is 1.09 bits per heavy atom. The predicted molar refractivity (Wildman–Crippen MR) is 162 cm³/mol. The van der Waals surface area contributed by atoms with Gasteiger partial charge in [0.05, 0.1) is 12.1 Å². The molecule has 4 aliphatic rings. The number of amides is 1. The lowest BCUT2D eigenvalue weighted by Crippen LogP contribution is -2.69. The number of hydrogen-bond donors (Lipinski definition) is 1. The van der Waals surface area contributed by atoms with E-state index in [1.54, 1.807) is 4.90 Å². The first-order valence-electron chi connectivity index (χ1n) is 15.2. The van der Waals surface area contributed by atoms with E-state index >= 15 is 0 Å². The van der Waals surface area contributed by atoms with Gasteiger partial charge >= 0.3 is 5.97 Å². The molecule has 43 heavy (non-hydrogen) atoms. The third-order valence-corrected chi connectivity index (χ3v) is 10.1. The molecule has 1 amide bonds. The molecule has 7 rings (SSSR count). The highest BCUT2D eigenvalue weighted by Gasteiger charge is 2.66. The summed E-state index contributed by atoms with van der Waals surface area (Å²) >= 11 is 0. The third kappa shape index (κ3) is 4.61. The summed E-state index contributed by atoms with van der Waals surface area (Å²) in [5.41, 5.74) is 3.76. The number of piperidine rings is 1. The third-order valence-electron chi connectivity index (χ3n) is 10.1. The highest BCUT2D eigenvalue weighted by Crippen LogP contribution is 2.64. The summed E-state index contributed by atoms with van der Waals surface area (Å²) in [4.78, 5) is 29.7. The van der Waals surface area contributed by atoms with Crippen molar-refractivity contribution in [2.75, 3.05) is 20.1 Å². The molecular formula is C36H36N2O5. The van der Waals surface area contributed by atoms with E-state index in [2.05, 4.69) is 22.8 Å². The molecular weight excluding hydrogens is 540 g/mol. The van der Waals surface area contributed by atoms with E-state index in [4.69, 9.17) is 9.47 Å². The zero-order chi connectivity index (χ0) is 29.7. The van der Waals surface area contributed by atoms with Gasteiger partial charge in [-0.15, -0.1) is 0 Å². The second-order valence-corrected chi connectivity index (χ2v) is 12.3. The number of rotatable bonds is 5. The first-order chi connectivity index (χ1) is 20.9. The minimum Gasteiger partial charge on any atom is -0.483 e. The number of carbonyl (C=O) groups excluding carboxylic acids is 2. The lowest BCUT2D eigenvalue weighted by Gasteiger charge is -2.60. The second kappa shape index (κ2) is 10.9. The molecule has 2 bridgehead atoms. The van der Waals surface area contributed by atoms with Gasteiger partial charge in [-0.2, -0.15) is 0 Å². The van der Waals surface area contributed by atoms with Crippen LogP contribution in [-0.4, -0.2) is 65.1 Å². The molecule has 6 atom stereocenters. The van der Waals surface area contributed by atoms with Gasteiger partial charge in [0, 0.05) is 49.0 Å². The van der Waals surface area contributed by atoms with Crippen LogP contribution in [0.5, 0.6) is 11.5 Å². The van der Waals surface area contributed by atoms with Gasteiger partial charge in [-0.1, -0.05) is 60.5 Å². The fourth-order valence-corrected chi connectivity index (χ4v) is 8.33. The minimum absolute atomic E-state index is 0.181. The van der Waals surface area contributed by atoms with Crippen LogP contribution in [0.4, 0.5) is 0 Å². The summed E-state index contributed by atoms with van der Waals surface area (Å²) < 4.78 is 12.5. The first-order valence-corrected chi connectivity index (χ1v) is 15.2. The summed E-state index contributed by atoms with van der Waals surface area (Å²) in [6.07, 6.45) is 2.52. The Morgan fingerprint density at radius 2 is 1.84 bits per heavy atom. The normalized spacial score (nSPS) is 27.1. The molecule has 220 valence electrons. The van der Waals surface area contributed by atoms with Crippen LogP contribution in [0.15, 0.2) is 72.8 Å². The van der Waals surface area contributed by atoms with E-state index in [0.717, 1.165) is 48.9 Å². The van der Waals surface area contributed by atoms with E-state index in [1.807, 2.05) is 73.8 Å². The van der Waals surface area contributed by atoms with Crippen molar-refractivity contribution in [2.45, 2.75) is 62.3 Å². The maximum absolute atomic E-state index is 13.4. The van der Waals surface area contributed by atoms with Crippen LogP contribution in [0, 0.1) is 17.8 Å². The average Bonchev–Trinajstić information content (AvgIpc) is 3.37. The van der Waals surface area contributed by atoms with Crippen molar-refractivity contribution in [3.63, 3.8) is 0 Å². The van der Waals surface area contributed by atoms with Crippen molar-refractivity contribution in [2.24, 2.45) is 5.92 Å². The van der Waals surface area contributed by atoms with Gasteiger partial charge in [0.1, 0.15) is 6.10 Å². The molecule has 7 heteroatoms. The molecule has 0 aromatic heterocycles. The number of aliphatic hydroxyl groups is 1. The van der Waals surface area contributed by atoms with Crippen molar-refractivity contribution in [1.82, 2.24) is 9.80 Å². The molecule has 1 spiro atoms. The topological polar surface area (TPSA) is 79.3 Å². The van der Waals surface area contributed by atoms with Crippen molar-refractivity contribution < 1.29 is 24.2 Å². The molecule has 0 radical (unpaired) electrons. The lowest BCUT2D eigenvalue weighted by molar-refractivity contribution is -0.135. The Morgan fingerprint density at radius 3 is 2.58 bits per heavy atom. The highest BCUT2D eigenvalue weighted by molar-refractivity contribution is 5.94. The molecule has 2 aliphatic heterocycles. The summed E-state index contributed by atoms with van der Waals surface area (Å²) in [6, 6.07) is 23.4. The predicted octanol–water partition coefficient (Wildman–Crippen LogP) is 4.26. The number of likely N-dealkylation sites (N-methyl/N-ethyl adjacent to an activating group) is 1. The number of esters is 1. The van der Waals surface area contributed by atoms with Crippen LogP contribution in [-0.2, 0) is 21.4 Å². The van der Waals surface area contributed by atoms with E-state index in [0.29, 0.717) is 18.0 Å². The number of benzene rings is 3. The van der Waals surface area contributed by atoms with E-state index in [-0.39, 0.29) is 41.4 Å². The average molecular weight is 577 g/mol. The zero-order valence-electron chi connectivity index (χ0n) is 24.5. The van der Waals surface area contributed by atoms with Crippen LogP contribution >= 0.6 is 0 Å². The SMILES string of the molecule is CC(=O)Oc1ccc2c3c1O[C@H]1[C@H](N(C)C(=O)C#Cc4ccccc4)CC[C@H]4[C@@H](C2)N(CC(O)c2ccccc2)CC[C@@]341. The van der Waals surface area contributed by atoms with Gasteiger partial charge < -0.3 is 19.5 Å². The Bertz CT molecular complexity index is 1610. The first kappa shape index (κ1) is 27.7. The monoisotopic (exact) mass is 576 g/mol. The molecule has 1 N–H and O–H groups in total. The van der Waals surface area contributed by atoms with Gasteiger partial charge in [0.2, 0.25) is 0 Å². The van der Waals surface area contributed by atoms with Gasteiger partial charge in [-0.3, -0.25) is 14.5 Å². The fourth-order valence-electron chi connectivity index (χ4n) is 8.33. The molecule has 2 heterocycles. The molecule has 1 unspecified atom stereocenters. The number of ether oxygens (including phenoxy) is 2. The largest absolute Gasteiger partial charge is 0.483 e. The summed E-state index contributed by atoms with van der Waals surface area (Å²) in [6.45, 7) is 2.78. The number of β-amino-alcohol motifs (C(OH)–C–C–N with tert-alkyl or cyclic N) is 1. The molecule has 2 fully saturated rings. The van der Waals surface area contributed by atoms with Crippen molar-refractivity contribution in [1.29, 1.82) is 0 Å². The molecule has 1 saturated carbocycles. The van der Waals surface area contributed by atoms with Gasteiger partial charge in [0.25, 0.3) is 5.91 Å². The maximum atomic E-state index is 13.4. The number of nitrogens with zero attached hydrogens (tertiary/aromatic N) is 2. The number of likely N-dealkylation sites (tertiary alicyclic amines) is 1. The lowest BCUT2D eigenvalue weighted by atomic mass is 9.51. The van der Waals surface area contributed by atoms with Crippen molar-refractivity contribution in [3.05, 3.63) is 95.1 Å². The molecule has 2 aliphatic carbocycles. The maximum Gasteiger partial charge on any atom is 0.308 e. The minimum atomic E-state index is -0.572. The van der Waals surface area contributed by atoms with Gasteiger partial charge in [-0.05, 0) is 67.5 Å². The number of aliphatic hydroxyl groups excluding tert-OH is 1. The van der Waals surface area contributed by atoms with Gasteiger partial charge in [0.15, 0.2) is 11.5 Å². The standard InChI is InChI=1S/C36H36N2O5/c1-23(39)42-31-17-14-26-21-29-27-15-16-28(37(2)32(41)18-13-24-9-5-3-6-10-24)35-36(27,33(26)34(31)43-35)19-20-38(29)22-30(40)25-11-7-4-8-12-25/h3-12,14,17,27-30,35,40H,15-16,19-22H2,1-2H3/t27-,28+,29+,30?,35-,36-/m0/s1. The van der Waals surface area contributed by atoms with Crippen LogP contribution in [0.3, 0.4) is 0 Å². The van der Waals surface area contributed by atoms with Crippen molar-refractivity contribution in [3.8, 4) is 23.3 Å². The molecule has 3 aromatic carbocycles. The molecule has 1 saturated heterocycles. The molecule has 3 aromatic rings. The van der Waals surface area contributed by atoms with Gasteiger partial charge in [-0.25, -0.2) is 0 Å². The van der Waals surface area contributed by atoms with Crippen LogP contribution < -0.4 is 9.47 Å². The zero-order valence-corrected chi connectivity index (χ0v) is 24.5. The molecule has 7 nitrogen and oxygen atoms in total. The van der Waals surface area contributed by atoms with Crippen LogP contribution in [0.2, 0.25) is 0 Å². The second-order valence-electron chi connectivity index (χ2n) is 12.3. The smallest absolute Gasteiger partial charge is 0.308 e. The summed E-state index contributed by atoms with van der Waals surface area (Å²) in [5, 5.41) is 11.2. The van der Waals surface area contributed by atoms with Crippen LogP contribution in [0.1, 0.15) is 54.5 Å². The summed E-state index contributed by atoms with van der Waals surface area (Å²) in [5.74, 6) is 6.62. The van der Waals surface area contributed by atoms with Crippen LogP contribution in [0.25, 0.3) is 0 Å². The Kier molecular flexibility index (Phi) is 6.99. The fraction of sp³-hybridized carbons (Fsp3) is 0.389. The van der Waals surface area contributed by atoms with E-state index in [1.165, 1.54) is 12.5 Å². The number of carbonyl (C=O) groups is 2. The van der Waals surface area contributed by atoms with E-state index < -0.39 is 6.10 Å². The summed E-state index contributed by atoms with van der Waals surface area (Å²) in [7, 11) is 1.83.